The Hall–Kier alpha value is -5.69. The number of amides is 3. The highest BCUT2D eigenvalue weighted by Crippen LogP contribution is 2.36. The molecule has 2 aliphatic heterocycles. The minimum Gasteiger partial charge on any atom is -0.453 e. The first-order chi connectivity index (χ1) is 26.3. The molecular weight excluding hydrogens is 699 g/mol. The van der Waals surface area contributed by atoms with Gasteiger partial charge in [0.15, 0.2) is 0 Å². The van der Waals surface area contributed by atoms with Crippen molar-refractivity contribution in [2.24, 2.45) is 5.92 Å². The number of benzene rings is 3. The number of β-amino-alcohol motifs (C(OH)–C–C–N with tert-alkyl or cyclic N) is 1. The summed E-state index contributed by atoms with van der Waals surface area (Å²) in [5.74, 6) is 1.10. The maximum Gasteiger partial charge on any atom is 0.411 e. The van der Waals surface area contributed by atoms with E-state index >= 15 is 0 Å². The van der Waals surface area contributed by atoms with Gasteiger partial charge in [-0.1, -0.05) is 62.4 Å². The van der Waals surface area contributed by atoms with Gasteiger partial charge in [-0.05, 0) is 79.1 Å². The third-order valence-electron chi connectivity index (χ3n) is 10.3. The number of imidazole rings is 2. The highest BCUT2D eigenvalue weighted by Gasteiger charge is 2.40. The van der Waals surface area contributed by atoms with Crippen molar-refractivity contribution in [1.29, 1.82) is 0 Å². The summed E-state index contributed by atoms with van der Waals surface area (Å²) in [5, 5.41) is 15.3. The fourth-order valence-corrected chi connectivity index (χ4v) is 7.53. The van der Waals surface area contributed by atoms with Gasteiger partial charge < -0.3 is 34.8 Å². The van der Waals surface area contributed by atoms with E-state index in [0.29, 0.717) is 18.8 Å². The van der Waals surface area contributed by atoms with Crippen LogP contribution in [0.4, 0.5) is 9.59 Å². The lowest BCUT2D eigenvalue weighted by Crippen LogP contribution is -2.51. The molecule has 3 aromatic carbocycles. The van der Waals surface area contributed by atoms with Gasteiger partial charge in [0.25, 0.3) is 0 Å². The maximum atomic E-state index is 13.6. The lowest BCUT2D eigenvalue weighted by Gasteiger charge is -2.30. The number of nitrogens with one attached hydrogen (secondary N) is 3. The van der Waals surface area contributed by atoms with Crippen LogP contribution < -0.4 is 5.32 Å². The van der Waals surface area contributed by atoms with Gasteiger partial charge in [-0.2, -0.15) is 0 Å². The topological polar surface area (TPSA) is 166 Å². The van der Waals surface area contributed by atoms with Crippen molar-refractivity contribution in [1.82, 2.24) is 35.1 Å². The maximum absolute atomic E-state index is 13.6. The monoisotopic (exact) mass is 747 g/mol. The number of aromatic nitrogens is 4. The van der Waals surface area contributed by atoms with Crippen molar-refractivity contribution >= 4 is 28.9 Å². The van der Waals surface area contributed by atoms with Crippen molar-refractivity contribution in [3.63, 3.8) is 0 Å². The zero-order valence-corrected chi connectivity index (χ0v) is 32.1. The van der Waals surface area contributed by atoms with Crippen LogP contribution in [0.3, 0.4) is 0 Å². The van der Waals surface area contributed by atoms with E-state index in [1.807, 2.05) is 57.8 Å². The lowest BCUT2D eigenvalue weighted by molar-refractivity contribution is -0.135. The molecule has 2 fully saturated rings. The zero-order valence-electron chi connectivity index (χ0n) is 32.1. The quantitative estimate of drug-likeness (QED) is 0.128. The summed E-state index contributed by atoms with van der Waals surface area (Å²) in [6.45, 7) is 10.1. The molecule has 2 saturated heterocycles. The van der Waals surface area contributed by atoms with E-state index in [9.17, 15) is 19.5 Å². The Kier molecular flexibility index (Phi) is 10.4. The smallest absolute Gasteiger partial charge is 0.411 e. The van der Waals surface area contributed by atoms with Gasteiger partial charge in [-0.3, -0.25) is 9.69 Å². The fraction of sp³-hybridized carbons (Fsp3) is 0.405. The molecular formula is C42H49N7O6. The third kappa shape index (κ3) is 8.07. The molecule has 5 aromatic rings. The Morgan fingerprint density at radius 2 is 1.42 bits per heavy atom. The molecule has 0 saturated carbocycles. The first-order valence-corrected chi connectivity index (χ1v) is 18.9. The van der Waals surface area contributed by atoms with Crippen LogP contribution in [0.25, 0.3) is 44.4 Å². The molecule has 0 radical (unpaired) electrons. The van der Waals surface area contributed by atoms with Crippen LogP contribution in [-0.2, 0) is 14.3 Å². The molecule has 3 amide bonds. The summed E-state index contributed by atoms with van der Waals surface area (Å²) in [4.78, 5) is 57.9. The number of carbonyl (C=O) groups is 3. The number of aromatic amines is 2. The van der Waals surface area contributed by atoms with Gasteiger partial charge in [0, 0.05) is 18.5 Å². The fourth-order valence-electron chi connectivity index (χ4n) is 7.53. The summed E-state index contributed by atoms with van der Waals surface area (Å²) in [6.07, 6.45) is 3.86. The molecule has 7 rings (SSSR count). The van der Waals surface area contributed by atoms with Crippen LogP contribution in [0.2, 0.25) is 0 Å². The first-order valence-electron chi connectivity index (χ1n) is 18.9. The van der Waals surface area contributed by atoms with Crippen LogP contribution >= 0.6 is 0 Å². The number of hydrogen-bond donors (Lipinski definition) is 4. The Bertz CT molecular complexity index is 2190. The number of carbonyl (C=O) groups excluding carboxylic acids is 3. The van der Waals surface area contributed by atoms with E-state index in [4.69, 9.17) is 14.5 Å². The number of ether oxygens (including phenoxy) is 2. The molecule has 4 atom stereocenters. The number of nitrogens with zero attached hydrogens (tertiary/aromatic N) is 4. The molecule has 0 spiro atoms. The average molecular weight is 748 g/mol. The van der Waals surface area contributed by atoms with Gasteiger partial charge in [0.2, 0.25) is 5.91 Å². The van der Waals surface area contributed by atoms with Crippen molar-refractivity contribution in [2.75, 3.05) is 20.2 Å². The molecule has 13 nitrogen and oxygen atoms in total. The summed E-state index contributed by atoms with van der Waals surface area (Å²) in [6, 6.07) is 19.7. The van der Waals surface area contributed by atoms with E-state index < -0.39 is 36.0 Å². The Balaban J connectivity index is 1.04. The summed E-state index contributed by atoms with van der Waals surface area (Å²) in [5.41, 5.74) is 5.15. The summed E-state index contributed by atoms with van der Waals surface area (Å²) >= 11 is 0. The lowest BCUT2D eigenvalue weighted by atomic mass is 9.98. The van der Waals surface area contributed by atoms with Crippen LogP contribution in [-0.4, -0.2) is 90.9 Å². The minimum absolute atomic E-state index is 0.104. The highest BCUT2D eigenvalue weighted by atomic mass is 16.6. The number of H-pyrrole nitrogens is 2. The van der Waals surface area contributed by atoms with Gasteiger partial charge in [-0.25, -0.2) is 19.6 Å². The van der Waals surface area contributed by atoms with Gasteiger partial charge in [0.1, 0.15) is 23.3 Å². The van der Waals surface area contributed by atoms with Crippen molar-refractivity contribution in [2.45, 2.75) is 83.7 Å². The highest BCUT2D eigenvalue weighted by molar-refractivity contribution is 5.91. The molecule has 13 heteroatoms. The third-order valence-corrected chi connectivity index (χ3v) is 10.3. The molecule has 2 aliphatic rings. The van der Waals surface area contributed by atoms with E-state index in [1.54, 1.807) is 11.1 Å². The van der Waals surface area contributed by atoms with Crippen molar-refractivity contribution in [3.05, 3.63) is 84.7 Å². The second-order valence-electron chi connectivity index (χ2n) is 15.8. The second kappa shape index (κ2) is 15.2. The van der Waals surface area contributed by atoms with Crippen molar-refractivity contribution < 1.29 is 29.0 Å². The van der Waals surface area contributed by atoms with E-state index in [0.717, 1.165) is 63.1 Å². The number of aliphatic hydroxyl groups is 1. The molecule has 0 aliphatic carbocycles. The molecule has 0 bridgehead atoms. The molecule has 288 valence electrons. The average Bonchev–Trinajstić information content (AvgIpc) is 3.99. The van der Waals surface area contributed by atoms with Gasteiger partial charge in [-0.15, -0.1) is 0 Å². The SMILES string of the molecule is COC(=O)NC(C(=O)N1CCCC1c1ncc(-c2ccc3cc(-c4ccc(-c5cnc(C6CC(O)CN6C(=O)OC(C)(C)C)[nH]5)cc4)ccc3c2)[nH]1)C(C)C. The largest absolute Gasteiger partial charge is 0.453 e. The van der Waals surface area contributed by atoms with Gasteiger partial charge >= 0.3 is 12.2 Å². The number of rotatable bonds is 8. The molecule has 4 heterocycles. The predicted octanol–water partition coefficient (Wildman–Crippen LogP) is 7.37. The Labute approximate surface area is 320 Å². The number of fused-ring (bicyclic) bond motifs is 1. The minimum atomic E-state index is -0.686. The van der Waals surface area contributed by atoms with Crippen LogP contribution in [0.5, 0.6) is 0 Å². The van der Waals surface area contributed by atoms with Crippen LogP contribution in [0.1, 0.15) is 77.6 Å². The predicted molar refractivity (Wildman–Crippen MR) is 209 cm³/mol. The molecule has 4 N–H and O–H groups in total. The van der Waals surface area contributed by atoms with Gasteiger partial charge in [0.05, 0.1) is 55.6 Å². The van der Waals surface area contributed by atoms with E-state index in [-0.39, 0.29) is 24.4 Å². The number of hydrogen-bond acceptors (Lipinski definition) is 8. The molecule has 2 aromatic heterocycles. The standard InChI is InChI=1S/C42H49N7O6/c1-24(2)36(47-40(52)54-6)39(51)48-17-7-8-34(48)37-43-22-33(46-37)30-16-15-28-18-27(13-14-29(28)19-30)25-9-11-26(12-10-25)32-21-44-38(45-32)35-20-31(50)23-49(35)41(53)55-42(3,4)5/h9-16,18-19,21-22,24,31,34-36,50H,7-8,17,20,23H2,1-6H3,(H,43,46)(H,44,45)(H,47,52). The molecule has 4 unspecified atom stereocenters. The van der Waals surface area contributed by atoms with Crippen LogP contribution in [0, 0.1) is 5.92 Å². The number of methoxy groups -OCH3 is 1. The van der Waals surface area contributed by atoms with E-state index in [1.165, 1.54) is 7.11 Å². The number of aliphatic hydroxyl groups excluding tert-OH is 1. The summed E-state index contributed by atoms with van der Waals surface area (Å²) in [7, 11) is 1.29. The molecule has 55 heavy (non-hydrogen) atoms. The first kappa shape index (κ1) is 37.6. The number of alkyl carbamates (subject to hydrolysis) is 1. The van der Waals surface area contributed by atoms with Crippen LogP contribution in [0.15, 0.2) is 73.1 Å². The zero-order chi connectivity index (χ0) is 39.0. The number of likely N-dealkylation sites (tertiary alicyclic amines) is 2. The normalized spacial score (nSPS) is 19.2. The second-order valence-corrected chi connectivity index (χ2v) is 15.8. The van der Waals surface area contributed by atoms with Crippen molar-refractivity contribution in [3.8, 4) is 33.6 Å². The summed E-state index contributed by atoms with van der Waals surface area (Å²) < 4.78 is 10.3. The Morgan fingerprint density at radius 1 is 0.836 bits per heavy atom. The van der Waals surface area contributed by atoms with E-state index in [2.05, 4.69) is 68.8 Å². The Morgan fingerprint density at radius 3 is 2.05 bits per heavy atom.